The van der Waals surface area contributed by atoms with E-state index in [1.165, 1.54) is 0 Å². The standard InChI is InChI=1S/C15H20N2O5/c1-2-16-15(18)17-5-6-19-12(8-17)9-20-11-3-4-13-14(7-11)22-10-21-13/h3-4,7,12H,2,5-6,8-10H2,1H3,(H,16,18)/t12-/m0/s1. The molecule has 1 atom stereocenters. The van der Waals surface area contributed by atoms with Gasteiger partial charge in [-0.3, -0.25) is 0 Å². The van der Waals surface area contributed by atoms with Gasteiger partial charge >= 0.3 is 6.03 Å². The molecule has 3 rings (SSSR count). The summed E-state index contributed by atoms with van der Waals surface area (Å²) in [5.74, 6) is 2.11. The van der Waals surface area contributed by atoms with Crippen molar-refractivity contribution in [2.75, 3.05) is 39.6 Å². The fraction of sp³-hybridized carbons (Fsp3) is 0.533. The largest absolute Gasteiger partial charge is 0.491 e. The average Bonchev–Trinajstić information content (AvgIpc) is 3.01. The van der Waals surface area contributed by atoms with Crippen LogP contribution in [0.3, 0.4) is 0 Å². The first kappa shape index (κ1) is 14.8. The third-order valence-electron chi connectivity index (χ3n) is 3.53. The van der Waals surface area contributed by atoms with Gasteiger partial charge in [-0.05, 0) is 19.1 Å². The van der Waals surface area contributed by atoms with Crippen molar-refractivity contribution in [2.45, 2.75) is 13.0 Å². The van der Waals surface area contributed by atoms with E-state index in [-0.39, 0.29) is 18.9 Å². The van der Waals surface area contributed by atoms with Crippen molar-refractivity contribution in [3.05, 3.63) is 18.2 Å². The number of ether oxygens (including phenoxy) is 4. The molecule has 2 amide bonds. The normalized spacial score (nSPS) is 19.9. The SMILES string of the molecule is CCNC(=O)N1CCO[C@H](COc2ccc3c(c2)OCO3)C1. The fourth-order valence-electron chi connectivity index (χ4n) is 2.42. The van der Waals surface area contributed by atoms with E-state index in [0.29, 0.717) is 44.3 Å². The molecule has 2 aliphatic heterocycles. The van der Waals surface area contributed by atoms with E-state index in [4.69, 9.17) is 18.9 Å². The molecule has 0 aromatic heterocycles. The minimum Gasteiger partial charge on any atom is -0.491 e. The lowest BCUT2D eigenvalue weighted by Crippen LogP contribution is -2.51. The monoisotopic (exact) mass is 308 g/mol. The molecule has 0 bridgehead atoms. The van der Waals surface area contributed by atoms with Crippen LogP contribution in [0.1, 0.15) is 6.92 Å². The first-order valence-corrected chi connectivity index (χ1v) is 7.43. The van der Waals surface area contributed by atoms with Crippen LogP contribution in [0, 0.1) is 0 Å². The van der Waals surface area contributed by atoms with Crippen LogP contribution in [-0.4, -0.2) is 56.7 Å². The predicted molar refractivity (Wildman–Crippen MR) is 78.4 cm³/mol. The van der Waals surface area contributed by atoms with E-state index in [1.54, 1.807) is 11.0 Å². The minimum absolute atomic E-state index is 0.0566. The van der Waals surface area contributed by atoms with Crippen LogP contribution in [-0.2, 0) is 4.74 Å². The molecule has 0 spiro atoms. The van der Waals surface area contributed by atoms with Crippen molar-refractivity contribution in [3.8, 4) is 17.2 Å². The molecule has 2 heterocycles. The van der Waals surface area contributed by atoms with Crippen LogP contribution in [0.15, 0.2) is 18.2 Å². The summed E-state index contributed by atoms with van der Waals surface area (Å²) in [7, 11) is 0. The number of fused-ring (bicyclic) bond motifs is 1. The number of carbonyl (C=O) groups excluding carboxylic acids is 1. The number of carbonyl (C=O) groups is 1. The Hall–Kier alpha value is -2.15. The minimum atomic E-state index is -0.137. The van der Waals surface area contributed by atoms with Gasteiger partial charge in [0.15, 0.2) is 11.5 Å². The molecule has 2 aliphatic rings. The van der Waals surface area contributed by atoms with Crippen molar-refractivity contribution in [1.82, 2.24) is 10.2 Å². The zero-order chi connectivity index (χ0) is 15.4. The van der Waals surface area contributed by atoms with Crippen molar-refractivity contribution in [3.63, 3.8) is 0 Å². The molecule has 1 N–H and O–H groups in total. The summed E-state index contributed by atoms with van der Waals surface area (Å²) in [6.45, 7) is 4.80. The molecule has 7 nitrogen and oxygen atoms in total. The smallest absolute Gasteiger partial charge is 0.317 e. The Labute approximate surface area is 129 Å². The lowest BCUT2D eigenvalue weighted by atomic mass is 10.3. The van der Waals surface area contributed by atoms with Gasteiger partial charge in [0.2, 0.25) is 6.79 Å². The summed E-state index contributed by atoms with van der Waals surface area (Å²) < 4.78 is 22.0. The highest BCUT2D eigenvalue weighted by molar-refractivity contribution is 5.74. The number of hydrogen-bond donors (Lipinski definition) is 1. The zero-order valence-corrected chi connectivity index (χ0v) is 12.5. The molecule has 1 saturated heterocycles. The molecule has 0 saturated carbocycles. The Morgan fingerprint density at radius 1 is 1.41 bits per heavy atom. The van der Waals surface area contributed by atoms with Crippen LogP contribution in [0.4, 0.5) is 4.79 Å². The van der Waals surface area contributed by atoms with Crippen molar-refractivity contribution in [1.29, 1.82) is 0 Å². The van der Waals surface area contributed by atoms with Gasteiger partial charge in [0, 0.05) is 19.2 Å². The molecule has 1 fully saturated rings. The lowest BCUT2D eigenvalue weighted by molar-refractivity contribution is -0.0351. The van der Waals surface area contributed by atoms with Crippen LogP contribution >= 0.6 is 0 Å². The number of hydrogen-bond acceptors (Lipinski definition) is 5. The quantitative estimate of drug-likeness (QED) is 0.906. The van der Waals surface area contributed by atoms with Crippen LogP contribution in [0.25, 0.3) is 0 Å². The molecule has 22 heavy (non-hydrogen) atoms. The summed E-state index contributed by atoms with van der Waals surface area (Å²) in [6, 6.07) is 5.39. The Kier molecular flexibility index (Phi) is 4.53. The summed E-state index contributed by atoms with van der Waals surface area (Å²) >= 11 is 0. The number of urea groups is 1. The maximum Gasteiger partial charge on any atom is 0.317 e. The van der Waals surface area contributed by atoms with Gasteiger partial charge in [-0.1, -0.05) is 0 Å². The second-order valence-corrected chi connectivity index (χ2v) is 5.10. The maximum atomic E-state index is 11.8. The van der Waals surface area contributed by atoms with Crippen LogP contribution < -0.4 is 19.5 Å². The predicted octanol–water partition coefficient (Wildman–Crippen LogP) is 1.22. The molecule has 1 aromatic carbocycles. The van der Waals surface area contributed by atoms with Gasteiger partial charge in [-0.15, -0.1) is 0 Å². The number of rotatable bonds is 4. The third-order valence-corrected chi connectivity index (χ3v) is 3.53. The summed E-state index contributed by atoms with van der Waals surface area (Å²) in [4.78, 5) is 13.6. The number of amides is 2. The zero-order valence-electron chi connectivity index (χ0n) is 12.5. The van der Waals surface area contributed by atoms with Crippen molar-refractivity contribution in [2.24, 2.45) is 0 Å². The topological polar surface area (TPSA) is 69.3 Å². The highest BCUT2D eigenvalue weighted by Gasteiger charge is 2.24. The second-order valence-electron chi connectivity index (χ2n) is 5.10. The first-order chi connectivity index (χ1) is 10.8. The summed E-state index contributed by atoms with van der Waals surface area (Å²) in [5.41, 5.74) is 0. The molecular formula is C15H20N2O5. The second kappa shape index (κ2) is 6.74. The molecule has 0 radical (unpaired) electrons. The number of nitrogens with zero attached hydrogens (tertiary/aromatic N) is 1. The molecule has 0 aliphatic carbocycles. The van der Waals surface area contributed by atoms with Gasteiger partial charge in [0.25, 0.3) is 0 Å². The number of morpholine rings is 1. The molecule has 1 aromatic rings. The lowest BCUT2D eigenvalue weighted by Gasteiger charge is -2.32. The van der Waals surface area contributed by atoms with E-state index in [9.17, 15) is 4.79 Å². The van der Waals surface area contributed by atoms with Gasteiger partial charge in [0.1, 0.15) is 18.5 Å². The van der Waals surface area contributed by atoms with Gasteiger partial charge in [-0.2, -0.15) is 0 Å². The van der Waals surface area contributed by atoms with E-state index in [1.807, 2.05) is 19.1 Å². The number of benzene rings is 1. The van der Waals surface area contributed by atoms with Gasteiger partial charge < -0.3 is 29.2 Å². The Morgan fingerprint density at radius 2 is 2.27 bits per heavy atom. The van der Waals surface area contributed by atoms with Gasteiger partial charge in [-0.25, -0.2) is 4.79 Å². The molecule has 0 unspecified atom stereocenters. The average molecular weight is 308 g/mol. The highest BCUT2D eigenvalue weighted by Crippen LogP contribution is 2.35. The molecular weight excluding hydrogens is 288 g/mol. The first-order valence-electron chi connectivity index (χ1n) is 7.43. The van der Waals surface area contributed by atoms with E-state index in [2.05, 4.69) is 5.32 Å². The Morgan fingerprint density at radius 3 is 3.14 bits per heavy atom. The molecule has 120 valence electrons. The fourth-order valence-corrected chi connectivity index (χ4v) is 2.42. The number of nitrogens with one attached hydrogen (secondary N) is 1. The Bertz CT molecular complexity index is 537. The van der Waals surface area contributed by atoms with E-state index in [0.717, 1.165) is 5.75 Å². The third kappa shape index (κ3) is 3.36. The summed E-state index contributed by atoms with van der Waals surface area (Å²) in [5, 5.41) is 2.80. The van der Waals surface area contributed by atoms with Crippen molar-refractivity contribution < 1.29 is 23.7 Å². The van der Waals surface area contributed by atoms with Crippen LogP contribution in [0.5, 0.6) is 17.2 Å². The summed E-state index contributed by atoms with van der Waals surface area (Å²) in [6.07, 6.45) is -0.137. The van der Waals surface area contributed by atoms with Gasteiger partial charge in [0.05, 0.1) is 13.2 Å². The Balaban J connectivity index is 1.51. The van der Waals surface area contributed by atoms with Crippen molar-refractivity contribution >= 4 is 6.03 Å². The molecule has 7 heteroatoms. The van der Waals surface area contributed by atoms with Crippen LogP contribution in [0.2, 0.25) is 0 Å². The highest BCUT2D eigenvalue weighted by atomic mass is 16.7. The van der Waals surface area contributed by atoms with E-state index < -0.39 is 0 Å². The maximum absolute atomic E-state index is 11.8. The van der Waals surface area contributed by atoms with E-state index >= 15 is 0 Å².